The van der Waals surface area contributed by atoms with E-state index >= 15 is 0 Å². The molecule has 0 aromatic heterocycles. The van der Waals surface area contributed by atoms with Crippen LogP contribution in [0.3, 0.4) is 0 Å². The van der Waals surface area contributed by atoms with Crippen LogP contribution in [0, 0.1) is 5.92 Å². The lowest BCUT2D eigenvalue weighted by molar-refractivity contribution is -0.143. The Bertz CT molecular complexity index is 855. The van der Waals surface area contributed by atoms with Crippen LogP contribution in [0.5, 0.6) is 11.5 Å². The molecule has 0 spiro atoms. The van der Waals surface area contributed by atoms with Crippen molar-refractivity contribution < 1.29 is 19.1 Å². The van der Waals surface area contributed by atoms with E-state index in [1.807, 2.05) is 45.0 Å². The summed E-state index contributed by atoms with van der Waals surface area (Å²) in [6, 6.07) is 13.7. The van der Waals surface area contributed by atoms with Crippen molar-refractivity contribution in [1.29, 1.82) is 0 Å². The summed E-state index contributed by atoms with van der Waals surface area (Å²) in [7, 11) is 1.60. The van der Waals surface area contributed by atoms with E-state index in [2.05, 4.69) is 5.32 Å². The molecule has 31 heavy (non-hydrogen) atoms. The maximum Gasteiger partial charge on any atom is 0.261 e. The van der Waals surface area contributed by atoms with Gasteiger partial charge in [0.05, 0.1) is 7.11 Å². The number of methoxy groups -OCH3 is 1. The summed E-state index contributed by atoms with van der Waals surface area (Å²) >= 11 is 5.99. The first-order chi connectivity index (χ1) is 14.8. The molecule has 168 valence electrons. The molecule has 0 saturated carbocycles. The second kappa shape index (κ2) is 12.2. The zero-order valence-corrected chi connectivity index (χ0v) is 19.3. The van der Waals surface area contributed by atoms with Gasteiger partial charge >= 0.3 is 0 Å². The third kappa shape index (κ3) is 7.79. The van der Waals surface area contributed by atoms with Crippen LogP contribution >= 0.6 is 11.6 Å². The van der Waals surface area contributed by atoms with Gasteiger partial charge in [-0.15, -0.1) is 0 Å². The summed E-state index contributed by atoms with van der Waals surface area (Å²) in [5.41, 5.74) is 0.895. The van der Waals surface area contributed by atoms with Gasteiger partial charge in [-0.3, -0.25) is 9.59 Å². The van der Waals surface area contributed by atoms with Crippen molar-refractivity contribution in [2.24, 2.45) is 5.92 Å². The van der Waals surface area contributed by atoms with Crippen molar-refractivity contribution in [3.8, 4) is 11.5 Å². The second-order valence-corrected chi connectivity index (χ2v) is 8.12. The molecule has 0 aliphatic carbocycles. The fourth-order valence-electron chi connectivity index (χ4n) is 3.05. The Morgan fingerprint density at radius 3 is 2.39 bits per heavy atom. The van der Waals surface area contributed by atoms with Crippen molar-refractivity contribution >= 4 is 23.4 Å². The predicted molar refractivity (Wildman–Crippen MR) is 122 cm³/mol. The van der Waals surface area contributed by atoms with Crippen molar-refractivity contribution in [3.05, 3.63) is 59.1 Å². The minimum Gasteiger partial charge on any atom is -0.497 e. The maximum absolute atomic E-state index is 13.1. The van der Waals surface area contributed by atoms with Gasteiger partial charge in [-0.25, -0.2) is 0 Å². The van der Waals surface area contributed by atoms with Crippen molar-refractivity contribution in [2.75, 3.05) is 20.3 Å². The number of halogens is 1. The average Bonchev–Trinajstić information content (AvgIpc) is 2.76. The molecule has 0 aliphatic rings. The van der Waals surface area contributed by atoms with Crippen LogP contribution < -0.4 is 14.8 Å². The van der Waals surface area contributed by atoms with E-state index in [0.717, 1.165) is 11.3 Å². The molecule has 0 unspecified atom stereocenters. The normalized spacial score (nSPS) is 11.7. The van der Waals surface area contributed by atoms with E-state index in [4.69, 9.17) is 21.1 Å². The number of hydrogen-bond acceptors (Lipinski definition) is 4. The standard InChI is InChI=1S/C24H31ClN2O4/c1-5-22(24(29)26-14-17(2)3)27(15-18-9-11-20(30-4)12-10-18)23(28)16-31-21-8-6-7-19(25)13-21/h6-13,17,22H,5,14-16H2,1-4H3,(H,26,29)/t22-/m1/s1. The van der Waals surface area contributed by atoms with Crippen molar-refractivity contribution in [3.63, 3.8) is 0 Å². The fraction of sp³-hybridized carbons (Fsp3) is 0.417. The number of carbonyl (C=O) groups excluding carboxylic acids is 2. The van der Waals surface area contributed by atoms with E-state index < -0.39 is 6.04 Å². The SMILES string of the molecule is CC[C@H](C(=O)NCC(C)C)N(Cc1ccc(OC)cc1)C(=O)COc1cccc(Cl)c1. The van der Waals surface area contributed by atoms with Gasteiger partial charge in [0.1, 0.15) is 17.5 Å². The maximum atomic E-state index is 13.1. The number of nitrogens with zero attached hydrogens (tertiary/aromatic N) is 1. The van der Waals surface area contributed by atoms with E-state index in [-0.39, 0.29) is 25.0 Å². The molecular weight excluding hydrogens is 416 g/mol. The molecule has 2 aromatic carbocycles. The van der Waals surface area contributed by atoms with Gasteiger partial charge in [0.15, 0.2) is 6.61 Å². The third-order valence-electron chi connectivity index (χ3n) is 4.74. The molecular formula is C24H31ClN2O4. The average molecular weight is 447 g/mol. The molecule has 0 heterocycles. The second-order valence-electron chi connectivity index (χ2n) is 7.68. The van der Waals surface area contributed by atoms with E-state index in [1.165, 1.54) is 0 Å². The van der Waals surface area contributed by atoms with Gasteiger partial charge in [0, 0.05) is 18.1 Å². The topological polar surface area (TPSA) is 67.9 Å². The van der Waals surface area contributed by atoms with Crippen LogP contribution in [0.1, 0.15) is 32.8 Å². The molecule has 6 nitrogen and oxygen atoms in total. The third-order valence-corrected chi connectivity index (χ3v) is 4.98. The molecule has 0 fully saturated rings. The van der Waals surface area contributed by atoms with Crippen LogP contribution in [-0.4, -0.2) is 43.0 Å². The van der Waals surface area contributed by atoms with Crippen molar-refractivity contribution in [2.45, 2.75) is 39.8 Å². The molecule has 0 radical (unpaired) electrons. The first-order valence-corrected chi connectivity index (χ1v) is 10.8. The highest BCUT2D eigenvalue weighted by Crippen LogP contribution is 2.19. The van der Waals surface area contributed by atoms with Crippen molar-refractivity contribution in [1.82, 2.24) is 10.2 Å². The van der Waals surface area contributed by atoms with Crippen LogP contribution in [0.4, 0.5) is 0 Å². The zero-order valence-electron chi connectivity index (χ0n) is 18.6. The first-order valence-electron chi connectivity index (χ1n) is 10.4. The Morgan fingerprint density at radius 2 is 1.81 bits per heavy atom. The number of nitrogens with one attached hydrogen (secondary N) is 1. The lowest BCUT2D eigenvalue weighted by atomic mass is 10.1. The highest BCUT2D eigenvalue weighted by atomic mass is 35.5. The minimum atomic E-state index is -0.601. The summed E-state index contributed by atoms with van der Waals surface area (Å²) in [4.78, 5) is 27.6. The molecule has 2 aromatic rings. The first kappa shape index (κ1) is 24.5. The largest absolute Gasteiger partial charge is 0.497 e. The lowest BCUT2D eigenvalue weighted by Crippen LogP contribution is -2.50. The molecule has 0 aliphatic heterocycles. The molecule has 7 heteroatoms. The molecule has 0 bridgehead atoms. The summed E-state index contributed by atoms with van der Waals surface area (Å²) < 4.78 is 10.9. The Morgan fingerprint density at radius 1 is 1.10 bits per heavy atom. The molecule has 2 amide bonds. The number of rotatable bonds is 11. The minimum absolute atomic E-state index is 0.166. The summed E-state index contributed by atoms with van der Waals surface area (Å²) in [6.07, 6.45) is 0.489. The Kier molecular flexibility index (Phi) is 9.66. The van der Waals surface area contributed by atoms with Gasteiger partial charge < -0.3 is 19.7 Å². The number of amides is 2. The van der Waals surface area contributed by atoms with Gasteiger partial charge in [-0.05, 0) is 48.2 Å². The number of benzene rings is 2. The van der Waals surface area contributed by atoms with Crippen LogP contribution in [-0.2, 0) is 16.1 Å². The van der Waals surface area contributed by atoms with E-state index in [0.29, 0.717) is 29.7 Å². The Balaban J connectivity index is 2.19. The van der Waals surface area contributed by atoms with Gasteiger partial charge in [0.25, 0.3) is 5.91 Å². The lowest BCUT2D eigenvalue weighted by Gasteiger charge is -2.31. The number of hydrogen-bond donors (Lipinski definition) is 1. The van der Waals surface area contributed by atoms with Gasteiger partial charge in [0.2, 0.25) is 5.91 Å². The molecule has 2 rings (SSSR count). The van der Waals surface area contributed by atoms with E-state index in [1.54, 1.807) is 36.3 Å². The highest BCUT2D eigenvalue weighted by molar-refractivity contribution is 6.30. The molecule has 1 atom stereocenters. The molecule has 0 saturated heterocycles. The Hall–Kier alpha value is -2.73. The highest BCUT2D eigenvalue weighted by Gasteiger charge is 2.29. The zero-order chi connectivity index (χ0) is 22.8. The van der Waals surface area contributed by atoms with Crippen LogP contribution in [0.2, 0.25) is 5.02 Å². The fourth-order valence-corrected chi connectivity index (χ4v) is 3.23. The summed E-state index contributed by atoms with van der Waals surface area (Å²) in [5, 5.41) is 3.47. The van der Waals surface area contributed by atoms with Gasteiger partial charge in [-0.2, -0.15) is 0 Å². The summed E-state index contributed by atoms with van der Waals surface area (Å²) in [5.74, 6) is 1.11. The van der Waals surface area contributed by atoms with Gasteiger partial charge in [-0.1, -0.05) is 50.6 Å². The summed E-state index contributed by atoms with van der Waals surface area (Å²) in [6.45, 7) is 6.60. The monoisotopic (exact) mass is 446 g/mol. The Labute approximate surface area is 189 Å². The quantitative estimate of drug-likeness (QED) is 0.558. The number of carbonyl (C=O) groups is 2. The molecule has 1 N–H and O–H groups in total. The predicted octanol–water partition coefficient (Wildman–Crippen LogP) is 4.31. The van der Waals surface area contributed by atoms with E-state index in [9.17, 15) is 9.59 Å². The number of ether oxygens (including phenoxy) is 2. The smallest absolute Gasteiger partial charge is 0.261 e. The van der Waals surface area contributed by atoms with Crippen LogP contribution in [0.15, 0.2) is 48.5 Å². The van der Waals surface area contributed by atoms with Crippen LogP contribution in [0.25, 0.3) is 0 Å².